The third kappa shape index (κ3) is 1.72. The second-order valence-corrected chi connectivity index (χ2v) is 8.21. The van der Waals surface area contributed by atoms with Crippen molar-refractivity contribution in [1.29, 1.82) is 0 Å². The van der Waals surface area contributed by atoms with Crippen molar-refractivity contribution in [2.24, 2.45) is 16.1 Å². The normalized spacial score (nSPS) is 34.4. The Morgan fingerprint density at radius 3 is 2.89 bits per heavy atom. The van der Waals surface area contributed by atoms with Gasteiger partial charge in [0.2, 0.25) is 0 Å². The summed E-state index contributed by atoms with van der Waals surface area (Å²) in [4.78, 5) is 4.94. The molecule has 1 spiro atoms. The molecule has 0 saturated heterocycles. The molecule has 1 unspecified atom stereocenters. The molecule has 0 saturated carbocycles. The highest BCUT2D eigenvalue weighted by Gasteiger charge is 2.52. The Morgan fingerprint density at radius 2 is 2.17 bits per heavy atom. The topological polar surface area (TPSA) is 38.4 Å². The van der Waals surface area contributed by atoms with Crippen LogP contribution < -0.4 is 5.73 Å². The lowest BCUT2D eigenvalue weighted by Gasteiger charge is -2.50. The molecule has 0 aromatic rings. The summed E-state index contributed by atoms with van der Waals surface area (Å²) in [5, 5.41) is 0.763. The van der Waals surface area contributed by atoms with Gasteiger partial charge in [-0.1, -0.05) is 47.1 Å². The number of nitrogens with two attached hydrogens (primary N) is 1. The Morgan fingerprint density at radius 1 is 1.39 bits per heavy atom. The maximum atomic E-state index is 6.04. The molecule has 0 amide bonds. The molecule has 2 nitrogen and oxygen atoms in total. The molecular weight excluding hydrogens is 308 g/mol. The Labute approximate surface area is 121 Å². The summed E-state index contributed by atoms with van der Waals surface area (Å²) >= 11 is 5.36. The van der Waals surface area contributed by atoms with E-state index in [2.05, 4.69) is 35.9 Å². The van der Waals surface area contributed by atoms with Gasteiger partial charge < -0.3 is 5.73 Å². The lowest BCUT2D eigenvalue weighted by molar-refractivity contribution is 0.170. The second-order valence-electron chi connectivity index (χ2n) is 6.08. The third-order valence-corrected chi connectivity index (χ3v) is 6.00. The first-order valence-electron chi connectivity index (χ1n) is 6.51. The van der Waals surface area contributed by atoms with Crippen LogP contribution in [-0.4, -0.2) is 16.5 Å². The van der Waals surface area contributed by atoms with Crippen molar-refractivity contribution in [2.75, 3.05) is 5.75 Å². The summed E-state index contributed by atoms with van der Waals surface area (Å²) in [5.74, 6) is 1.08. The van der Waals surface area contributed by atoms with E-state index < -0.39 is 0 Å². The first-order valence-corrected chi connectivity index (χ1v) is 8.29. The Bertz CT molecular complexity index is 490. The zero-order valence-electron chi connectivity index (χ0n) is 10.9. The summed E-state index contributed by atoms with van der Waals surface area (Å²) in [6, 6.07) is 0. The number of nitrogens with zero attached hydrogens (tertiary/aromatic N) is 1. The summed E-state index contributed by atoms with van der Waals surface area (Å²) in [7, 11) is 0. The van der Waals surface area contributed by atoms with Crippen molar-refractivity contribution in [3.63, 3.8) is 0 Å². The van der Waals surface area contributed by atoms with Gasteiger partial charge >= 0.3 is 0 Å². The Hall–Kier alpha value is -0.220. The van der Waals surface area contributed by atoms with E-state index in [1.807, 2.05) is 0 Å². The number of aliphatic imine (C=N–C) groups is 1. The minimum Gasteiger partial charge on any atom is -0.379 e. The second kappa shape index (κ2) is 4.14. The molecule has 1 atom stereocenters. The van der Waals surface area contributed by atoms with E-state index in [4.69, 9.17) is 10.7 Å². The van der Waals surface area contributed by atoms with E-state index in [1.54, 1.807) is 17.3 Å². The summed E-state index contributed by atoms with van der Waals surface area (Å²) in [5.41, 5.74) is 9.19. The van der Waals surface area contributed by atoms with Crippen molar-refractivity contribution in [2.45, 2.75) is 45.1 Å². The SMILES string of the molecule is CC1(C)CCC2=C(C=C(Br)C2)C12CCSC(N)=N2. The van der Waals surface area contributed by atoms with Gasteiger partial charge in [-0.3, -0.25) is 4.99 Å². The number of hydrogen-bond acceptors (Lipinski definition) is 3. The molecule has 2 aliphatic carbocycles. The van der Waals surface area contributed by atoms with Crippen LogP contribution in [0.15, 0.2) is 26.7 Å². The van der Waals surface area contributed by atoms with Gasteiger partial charge in [-0.2, -0.15) is 0 Å². The van der Waals surface area contributed by atoms with Gasteiger partial charge in [-0.05, 0) is 40.8 Å². The fraction of sp³-hybridized carbons (Fsp3) is 0.643. The summed E-state index contributed by atoms with van der Waals surface area (Å²) < 4.78 is 1.30. The van der Waals surface area contributed by atoms with Crippen LogP contribution in [-0.2, 0) is 0 Å². The number of allylic oxidation sites excluding steroid dienone is 2. The minimum absolute atomic E-state index is 0.0779. The number of amidine groups is 1. The number of halogens is 1. The molecule has 0 aromatic heterocycles. The van der Waals surface area contributed by atoms with Crippen LogP contribution in [0, 0.1) is 5.41 Å². The van der Waals surface area contributed by atoms with E-state index in [0.717, 1.165) is 23.8 Å². The van der Waals surface area contributed by atoms with Gasteiger partial charge in [0.1, 0.15) is 0 Å². The Balaban J connectivity index is 2.18. The average molecular weight is 327 g/mol. The molecule has 18 heavy (non-hydrogen) atoms. The smallest absolute Gasteiger partial charge is 0.154 e. The standard InChI is InChI=1S/C14H19BrN2S/c1-13(2)4-3-9-7-10(15)8-11(9)14(13)5-6-18-12(16)17-14/h8H,3-7H2,1-2H3,(H2,16,17). The average Bonchev–Trinajstić information content (AvgIpc) is 2.67. The van der Waals surface area contributed by atoms with E-state index in [9.17, 15) is 0 Å². The van der Waals surface area contributed by atoms with E-state index in [-0.39, 0.29) is 11.0 Å². The quantitative estimate of drug-likeness (QED) is 0.731. The van der Waals surface area contributed by atoms with Crippen molar-refractivity contribution >= 4 is 32.9 Å². The molecule has 0 bridgehead atoms. The van der Waals surface area contributed by atoms with E-state index >= 15 is 0 Å². The van der Waals surface area contributed by atoms with Crippen molar-refractivity contribution in [1.82, 2.24) is 0 Å². The highest BCUT2D eigenvalue weighted by Crippen LogP contribution is 2.56. The molecule has 3 aliphatic rings. The van der Waals surface area contributed by atoms with Gasteiger partial charge in [-0.25, -0.2) is 0 Å². The number of rotatable bonds is 0. The molecule has 3 rings (SSSR count). The van der Waals surface area contributed by atoms with Crippen LogP contribution in [0.5, 0.6) is 0 Å². The maximum absolute atomic E-state index is 6.04. The zero-order chi connectivity index (χ0) is 13.0. The molecule has 2 N–H and O–H groups in total. The summed E-state index contributed by atoms with van der Waals surface area (Å²) in [6.07, 6.45) is 6.92. The number of fused-ring (bicyclic) bond motifs is 1. The first kappa shape index (κ1) is 12.8. The lowest BCUT2D eigenvalue weighted by atomic mass is 9.60. The van der Waals surface area contributed by atoms with Crippen molar-refractivity contribution < 1.29 is 0 Å². The Kier molecular flexibility index (Phi) is 2.94. The molecule has 1 heterocycles. The molecule has 1 aliphatic heterocycles. The van der Waals surface area contributed by atoms with Crippen LogP contribution in [0.1, 0.15) is 39.5 Å². The molecule has 0 fully saturated rings. The monoisotopic (exact) mass is 326 g/mol. The fourth-order valence-corrected chi connectivity index (χ4v) is 4.94. The van der Waals surface area contributed by atoms with Gasteiger partial charge in [-0.15, -0.1) is 0 Å². The number of thioether (sulfide) groups is 1. The highest BCUT2D eigenvalue weighted by molar-refractivity contribution is 9.11. The fourth-order valence-electron chi connectivity index (χ4n) is 3.54. The van der Waals surface area contributed by atoms with Crippen molar-refractivity contribution in [3.05, 3.63) is 21.7 Å². The lowest BCUT2D eigenvalue weighted by Crippen LogP contribution is -2.50. The van der Waals surface area contributed by atoms with Crippen LogP contribution >= 0.6 is 27.7 Å². The number of hydrogen-bond donors (Lipinski definition) is 1. The van der Waals surface area contributed by atoms with Crippen LogP contribution in [0.2, 0.25) is 0 Å². The predicted octanol–water partition coefficient (Wildman–Crippen LogP) is 3.98. The molecule has 4 heteroatoms. The molecule has 0 radical (unpaired) electrons. The van der Waals surface area contributed by atoms with Gasteiger partial charge in [0.15, 0.2) is 5.17 Å². The van der Waals surface area contributed by atoms with Gasteiger partial charge in [0.05, 0.1) is 5.54 Å². The van der Waals surface area contributed by atoms with Crippen molar-refractivity contribution in [3.8, 4) is 0 Å². The highest BCUT2D eigenvalue weighted by atomic mass is 79.9. The van der Waals surface area contributed by atoms with Crippen LogP contribution in [0.3, 0.4) is 0 Å². The van der Waals surface area contributed by atoms with Crippen LogP contribution in [0.4, 0.5) is 0 Å². The third-order valence-electron chi connectivity index (χ3n) is 4.70. The molecule has 98 valence electrons. The van der Waals surface area contributed by atoms with Gasteiger partial charge in [0.25, 0.3) is 0 Å². The molecule has 0 aromatic carbocycles. The molecular formula is C14H19BrN2S. The summed E-state index contributed by atoms with van der Waals surface area (Å²) in [6.45, 7) is 4.70. The van der Waals surface area contributed by atoms with Gasteiger partial charge in [0, 0.05) is 12.2 Å². The zero-order valence-corrected chi connectivity index (χ0v) is 13.3. The van der Waals surface area contributed by atoms with E-state index in [0.29, 0.717) is 0 Å². The largest absolute Gasteiger partial charge is 0.379 e. The maximum Gasteiger partial charge on any atom is 0.154 e. The first-order chi connectivity index (χ1) is 8.45. The minimum atomic E-state index is -0.0779. The van der Waals surface area contributed by atoms with Crippen LogP contribution in [0.25, 0.3) is 0 Å². The predicted molar refractivity (Wildman–Crippen MR) is 83.1 cm³/mol. The van der Waals surface area contributed by atoms with E-state index in [1.165, 1.54) is 22.9 Å².